The van der Waals surface area contributed by atoms with Crippen LogP contribution >= 0.6 is 0 Å². The van der Waals surface area contributed by atoms with E-state index in [-0.39, 0.29) is 16.7 Å². The predicted octanol–water partition coefficient (Wildman–Crippen LogP) is 13.3. The Kier molecular flexibility index (Phi) is 6.41. The Morgan fingerprint density at radius 1 is 0.453 bits per heavy atom. The minimum atomic E-state index is -0.348. The highest BCUT2D eigenvalue weighted by Crippen LogP contribution is 2.67. The fourth-order valence-electron chi connectivity index (χ4n) is 10.5. The Labute approximate surface area is 312 Å². The molecule has 4 aliphatic rings. The highest BCUT2D eigenvalue weighted by molar-refractivity contribution is 5.95. The molecule has 7 aromatic carbocycles. The molecular formula is C52H39N. The van der Waals surface area contributed by atoms with E-state index >= 15 is 0 Å². The Hall–Kier alpha value is -6.18. The maximum Gasteiger partial charge on any atom is 0.0558 e. The predicted molar refractivity (Wildman–Crippen MR) is 220 cm³/mol. The van der Waals surface area contributed by atoms with Gasteiger partial charge in [0.15, 0.2) is 0 Å². The summed E-state index contributed by atoms with van der Waals surface area (Å²) < 4.78 is 0. The first-order chi connectivity index (χ1) is 26.1. The number of fused-ring (bicyclic) bond motifs is 13. The molecule has 0 aliphatic heterocycles. The van der Waals surface area contributed by atoms with Crippen molar-refractivity contribution in [1.29, 1.82) is 0 Å². The van der Waals surface area contributed by atoms with E-state index in [0.29, 0.717) is 5.92 Å². The molecule has 0 fully saturated rings. The number of hydrogen-bond donors (Lipinski definition) is 0. The third kappa shape index (κ3) is 4.08. The topological polar surface area (TPSA) is 3.24 Å². The van der Waals surface area contributed by atoms with Crippen molar-refractivity contribution in [1.82, 2.24) is 0 Å². The second kappa shape index (κ2) is 11.2. The largest absolute Gasteiger partial charge is 0.310 e. The van der Waals surface area contributed by atoms with Crippen molar-refractivity contribution >= 4 is 17.1 Å². The van der Waals surface area contributed by atoms with Gasteiger partial charge in [0.2, 0.25) is 0 Å². The molecule has 1 spiro atoms. The van der Waals surface area contributed by atoms with Crippen LogP contribution in [0.25, 0.3) is 33.4 Å². The molecule has 4 aliphatic carbocycles. The van der Waals surface area contributed by atoms with Gasteiger partial charge >= 0.3 is 0 Å². The molecule has 0 N–H and O–H groups in total. The molecule has 53 heavy (non-hydrogen) atoms. The SMILES string of the molecule is CC1(C)c2ccccc2-c2ccc(N(c3ccc(-c4ccccc4)cc3)c3cccc4c3C3(c5ccccc5-4)c4ccccc4C4C=CC=CC43)cc21. The molecular weight excluding hydrogens is 639 g/mol. The quantitative estimate of drug-likeness (QED) is 0.179. The average molecular weight is 678 g/mol. The molecule has 0 aromatic heterocycles. The van der Waals surface area contributed by atoms with E-state index in [2.05, 4.69) is 207 Å². The van der Waals surface area contributed by atoms with Gasteiger partial charge in [0, 0.05) is 28.6 Å². The second-order valence-corrected chi connectivity index (χ2v) is 15.6. The molecule has 1 nitrogen and oxygen atoms in total. The summed E-state index contributed by atoms with van der Waals surface area (Å²) in [6.07, 6.45) is 9.44. The van der Waals surface area contributed by atoms with Gasteiger partial charge < -0.3 is 4.90 Å². The maximum absolute atomic E-state index is 2.55. The van der Waals surface area contributed by atoms with Gasteiger partial charge in [-0.15, -0.1) is 0 Å². The molecule has 0 saturated heterocycles. The number of allylic oxidation sites excluding steroid dienone is 4. The minimum absolute atomic E-state index is 0.113. The van der Waals surface area contributed by atoms with E-state index in [1.807, 2.05) is 0 Å². The Morgan fingerprint density at radius 3 is 1.87 bits per heavy atom. The second-order valence-electron chi connectivity index (χ2n) is 15.6. The number of anilines is 3. The molecule has 0 bridgehead atoms. The molecule has 0 saturated carbocycles. The Balaban J connectivity index is 1.19. The van der Waals surface area contributed by atoms with Crippen molar-refractivity contribution < 1.29 is 0 Å². The molecule has 0 heterocycles. The van der Waals surface area contributed by atoms with Crippen molar-refractivity contribution in [2.45, 2.75) is 30.6 Å². The summed E-state index contributed by atoms with van der Waals surface area (Å²) >= 11 is 0. The first-order valence-electron chi connectivity index (χ1n) is 18.9. The van der Waals surface area contributed by atoms with Crippen LogP contribution in [0.3, 0.4) is 0 Å². The zero-order valence-electron chi connectivity index (χ0n) is 30.0. The lowest BCUT2D eigenvalue weighted by Gasteiger charge is -2.39. The molecule has 252 valence electrons. The zero-order valence-corrected chi connectivity index (χ0v) is 30.0. The zero-order chi connectivity index (χ0) is 35.3. The van der Waals surface area contributed by atoms with Crippen LogP contribution in [0.4, 0.5) is 17.1 Å². The number of hydrogen-bond acceptors (Lipinski definition) is 1. The van der Waals surface area contributed by atoms with Crippen molar-refractivity contribution in [3.05, 3.63) is 221 Å². The summed E-state index contributed by atoms with van der Waals surface area (Å²) in [7, 11) is 0. The van der Waals surface area contributed by atoms with Crippen LogP contribution in [0.1, 0.15) is 53.1 Å². The van der Waals surface area contributed by atoms with Gasteiger partial charge in [0.05, 0.1) is 11.1 Å². The number of benzene rings is 7. The Bertz CT molecular complexity index is 2660. The third-order valence-corrected chi connectivity index (χ3v) is 12.8. The van der Waals surface area contributed by atoms with Crippen LogP contribution in [0.5, 0.6) is 0 Å². The van der Waals surface area contributed by atoms with Crippen LogP contribution in [-0.4, -0.2) is 0 Å². The van der Waals surface area contributed by atoms with E-state index < -0.39 is 0 Å². The summed E-state index contributed by atoms with van der Waals surface area (Å²) in [6.45, 7) is 4.76. The molecule has 1 heteroatoms. The van der Waals surface area contributed by atoms with Crippen LogP contribution in [0.2, 0.25) is 0 Å². The van der Waals surface area contributed by atoms with E-state index in [9.17, 15) is 0 Å². The normalized spacial score (nSPS) is 20.3. The van der Waals surface area contributed by atoms with Crippen LogP contribution < -0.4 is 4.90 Å². The summed E-state index contributed by atoms with van der Waals surface area (Å²) in [5.41, 5.74) is 19.3. The van der Waals surface area contributed by atoms with Gasteiger partial charge in [-0.05, 0) is 97.1 Å². The fourth-order valence-corrected chi connectivity index (χ4v) is 10.5. The van der Waals surface area contributed by atoms with E-state index in [0.717, 1.165) is 5.69 Å². The summed E-state index contributed by atoms with van der Waals surface area (Å²) in [4.78, 5) is 2.55. The van der Waals surface area contributed by atoms with Gasteiger partial charge in [-0.2, -0.15) is 0 Å². The minimum Gasteiger partial charge on any atom is -0.310 e. The van der Waals surface area contributed by atoms with Crippen molar-refractivity contribution in [3.8, 4) is 33.4 Å². The molecule has 11 rings (SSSR count). The van der Waals surface area contributed by atoms with Gasteiger partial charge in [0.25, 0.3) is 0 Å². The Morgan fingerprint density at radius 2 is 1.06 bits per heavy atom. The summed E-state index contributed by atoms with van der Waals surface area (Å²) in [5.74, 6) is 0.561. The summed E-state index contributed by atoms with van der Waals surface area (Å²) in [6, 6.07) is 61.5. The molecule has 0 amide bonds. The molecule has 0 radical (unpaired) electrons. The molecule has 7 aromatic rings. The van der Waals surface area contributed by atoms with Crippen molar-refractivity contribution in [2.24, 2.45) is 5.92 Å². The van der Waals surface area contributed by atoms with E-state index in [1.54, 1.807) is 0 Å². The first kappa shape index (κ1) is 30.4. The lowest BCUT2D eigenvalue weighted by molar-refractivity contribution is 0.466. The lowest BCUT2D eigenvalue weighted by Crippen LogP contribution is -2.34. The van der Waals surface area contributed by atoms with Crippen molar-refractivity contribution in [2.75, 3.05) is 4.90 Å². The molecule has 3 unspecified atom stereocenters. The van der Waals surface area contributed by atoms with Gasteiger partial charge in [-0.25, -0.2) is 0 Å². The van der Waals surface area contributed by atoms with Crippen LogP contribution in [-0.2, 0) is 10.8 Å². The van der Waals surface area contributed by atoms with Gasteiger partial charge in [-0.1, -0.05) is 172 Å². The number of nitrogens with zero attached hydrogens (tertiary/aromatic N) is 1. The monoisotopic (exact) mass is 677 g/mol. The lowest BCUT2D eigenvalue weighted by atomic mass is 9.65. The highest BCUT2D eigenvalue weighted by Gasteiger charge is 2.58. The number of rotatable bonds is 4. The smallest absolute Gasteiger partial charge is 0.0558 e. The van der Waals surface area contributed by atoms with E-state index in [1.165, 1.54) is 78.1 Å². The standard InChI is InChI=1S/C52H39N/c1-51(2)44-22-10-6-17-38(44)42-32-31-37(33-48(42)51)53(36-29-27-35(28-30-36)34-15-4-3-5-16-34)49-26-14-21-43-41-20-9-13-25-47(41)52(50(43)49)45-23-11-7-18-39(45)40-19-8-12-24-46(40)52/h3-33,39,45H,1-2H3. The first-order valence-corrected chi connectivity index (χ1v) is 18.9. The van der Waals surface area contributed by atoms with E-state index in [4.69, 9.17) is 0 Å². The van der Waals surface area contributed by atoms with Crippen LogP contribution in [0, 0.1) is 5.92 Å². The molecule has 3 atom stereocenters. The highest BCUT2D eigenvalue weighted by atomic mass is 15.1. The third-order valence-electron chi connectivity index (χ3n) is 12.8. The fraction of sp³-hybridized carbons (Fsp3) is 0.115. The summed E-state index contributed by atoms with van der Waals surface area (Å²) in [5, 5.41) is 0. The maximum atomic E-state index is 2.55. The van der Waals surface area contributed by atoms with Crippen LogP contribution in [0.15, 0.2) is 188 Å². The van der Waals surface area contributed by atoms with Gasteiger partial charge in [-0.3, -0.25) is 0 Å². The van der Waals surface area contributed by atoms with Crippen molar-refractivity contribution in [3.63, 3.8) is 0 Å². The average Bonchev–Trinajstić information content (AvgIpc) is 3.78. The van der Waals surface area contributed by atoms with Gasteiger partial charge in [0.1, 0.15) is 0 Å².